The van der Waals surface area contributed by atoms with Crippen LogP contribution in [-0.2, 0) is 0 Å². The van der Waals surface area contributed by atoms with Crippen LogP contribution in [0.25, 0.3) is 0 Å². The second-order valence-electron chi connectivity index (χ2n) is 6.56. The van der Waals surface area contributed by atoms with E-state index in [9.17, 15) is 4.79 Å². The first kappa shape index (κ1) is 18.4. The Hall–Kier alpha value is -2.40. The number of anilines is 1. The molecule has 1 aliphatic rings. The molecule has 6 heteroatoms. The number of carbonyl (C=O) groups excluding carboxylic acids is 1. The van der Waals surface area contributed by atoms with E-state index < -0.39 is 0 Å². The number of benzene rings is 2. The minimum atomic E-state index is -0.157. The summed E-state index contributed by atoms with van der Waals surface area (Å²) in [5, 5.41) is 3.48. The summed E-state index contributed by atoms with van der Waals surface area (Å²) in [6, 6.07) is 12.9. The lowest BCUT2D eigenvalue weighted by atomic mass is 10.0. The normalized spacial score (nSPS) is 19.3. The van der Waals surface area contributed by atoms with Gasteiger partial charge in [0.15, 0.2) is 0 Å². The van der Waals surface area contributed by atoms with E-state index in [0.717, 1.165) is 17.7 Å². The number of halogens is 1. The Balaban J connectivity index is 1.81. The number of nitrogens with zero attached hydrogens (tertiary/aromatic N) is 1. The first-order valence-corrected chi connectivity index (χ1v) is 8.94. The van der Waals surface area contributed by atoms with Crippen molar-refractivity contribution in [2.45, 2.75) is 19.4 Å². The number of rotatable bonds is 4. The van der Waals surface area contributed by atoms with Gasteiger partial charge in [-0.2, -0.15) is 0 Å². The van der Waals surface area contributed by atoms with E-state index in [1.807, 2.05) is 29.2 Å². The van der Waals surface area contributed by atoms with Gasteiger partial charge < -0.3 is 19.7 Å². The molecule has 5 nitrogen and oxygen atoms in total. The Bertz CT molecular complexity index is 779. The quantitative estimate of drug-likeness (QED) is 0.821. The SMILES string of the molecule is COc1ccc(C2CC(C)CN2C(=O)Nc2cc(Cl)ccc2OC)cc1. The molecule has 3 rings (SSSR count). The van der Waals surface area contributed by atoms with Gasteiger partial charge in [0.1, 0.15) is 11.5 Å². The van der Waals surface area contributed by atoms with Crippen molar-refractivity contribution in [3.05, 3.63) is 53.1 Å². The van der Waals surface area contributed by atoms with Gasteiger partial charge in [-0.3, -0.25) is 0 Å². The summed E-state index contributed by atoms with van der Waals surface area (Å²) in [6.45, 7) is 2.86. The number of hydrogen-bond acceptors (Lipinski definition) is 3. The van der Waals surface area contributed by atoms with Gasteiger partial charge in [0.25, 0.3) is 0 Å². The summed E-state index contributed by atoms with van der Waals surface area (Å²) >= 11 is 6.06. The number of nitrogens with one attached hydrogen (secondary N) is 1. The Kier molecular flexibility index (Phi) is 5.57. The van der Waals surface area contributed by atoms with Crippen LogP contribution in [0.15, 0.2) is 42.5 Å². The monoisotopic (exact) mass is 374 g/mol. The number of urea groups is 1. The second kappa shape index (κ2) is 7.87. The van der Waals surface area contributed by atoms with E-state index in [2.05, 4.69) is 12.2 Å². The number of methoxy groups -OCH3 is 2. The largest absolute Gasteiger partial charge is 0.497 e. The molecule has 1 N–H and O–H groups in total. The molecule has 138 valence electrons. The summed E-state index contributed by atoms with van der Waals surface area (Å²) in [6.07, 6.45) is 0.923. The van der Waals surface area contributed by atoms with Crippen molar-refractivity contribution in [2.24, 2.45) is 5.92 Å². The lowest BCUT2D eigenvalue weighted by molar-refractivity contribution is 0.206. The Labute approximate surface area is 158 Å². The van der Waals surface area contributed by atoms with Crippen LogP contribution >= 0.6 is 11.6 Å². The third-order valence-corrected chi connectivity index (χ3v) is 4.91. The molecule has 0 aliphatic carbocycles. The molecule has 2 unspecified atom stereocenters. The molecule has 1 heterocycles. The van der Waals surface area contributed by atoms with Gasteiger partial charge in [-0.1, -0.05) is 30.7 Å². The molecule has 0 saturated carbocycles. The zero-order chi connectivity index (χ0) is 18.7. The molecule has 0 radical (unpaired) electrons. The van der Waals surface area contributed by atoms with Crippen LogP contribution in [0.3, 0.4) is 0 Å². The van der Waals surface area contributed by atoms with Crippen molar-refractivity contribution >= 4 is 23.3 Å². The maximum atomic E-state index is 12.9. The van der Waals surface area contributed by atoms with Crippen LogP contribution < -0.4 is 14.8 Å². The predicted molar refractivity (Wildman–Crippen MR) is 103 cm³/mol. The topological polar surface area (TPSA) is 50.8 Å². The van der Waals surface area contributed by atoms with Crippen molar-refractivity contribution in [3.8, 4) is 11.5 Å². The minimum Gasteiger partial charge on any atom is -0.497 e. The summed E-state index contributed by atoms with van der Waals surface area (Å²) in [5.74, 6) is 1.81. The Morgan fingerprint density at radius 1 is 1.15 bits per heavy atom. The smallest absolute Gasteiger partial charge is 0.322 e. The minimum absolute atomic E-state index is 0.0288. The van der Waals surface area contributed by atoms with Gasteiger partial charge in [0, 0.05) is 11.6 Å². The van der Waals surface area contributed by atoms with Gasteiger partial charge in [0.05, 0.1) is 25.9 Å². The van der Waals surface area contributed by atoms with Crippen LogP contribution in [0.2, 0.25) is 5.02 Å². The van der Waals surface area contributed by atoms with Gasteiger partial charge in [-0.05, 0) is 48.2 Å². The second-order valence-corrected chi connectivity index (χ2v) is 6.99. The fraction of sp³-hybridized carbons (Fsp3) is 0.350. The van der Waals surface area contributed by atoms with Crippen LogP contribution in [0.4, 0.5) is 10.5 Å². The lowest BCUT2D eigenvalue weighted by Gasteiger charge is -2.26. The molecule has 2 aromatic rings. The van der Waals surface area contributed by atoms with E-state index >= 15 is 0 Å². The summed E-state index contributed by atoms with van der Waals surface area (Å²) in [4.78, 5) is 14.8. The number of ether oxygens (including phenoxy) is 2. The molecular formula is C20H23ClN2O3. The average molecular weight is 375 g/mol. The molecule has 0 bridgehead atoms. The number of carbonyl (C=O) groups is 1. The molecule has 2 atom stereocenters. The van der Waals surface area contributed by atoms with Crippen molar-refractivity contribution in [2.75, 3.05) is 26.1 Å². The van der Waals surface area contributed by atoms with Crippen LogP contribution in [0, 0.1) is 5.92 Å². The summed E-state index contributed by atoms with van der Waals surface area (Å²) in [5.41, 5.74) is 1.67. The maximum absolute atomic E-state index is 12.9. The summed E-state index contributed by atoms with van der Waals surface area (Å²) in [7, 11) is 3.21. The van der Waals surface area contributed by atoms with Gasteiger partial charge >= 0.3 is 6.03 Å². The fourth-order valence-electron chi connectivity index (χ4n) is 3.38. The molecular weight excluding hydrogens is 352 g/mol. The molecule has 0 aromatic heterocycles. The van der Waals surface area contributed by atoms with Crippen LogP contribution in [0.1, 0.15) is 24.9 Å². The lowest BCUT2D eigenvalue weighted by Crippen LogP contribution is -2.35. The number of hydrogen-bond donors (Lipinski definition) is 1. The van der Waals surface area contributed by atoms with E-state index in [1.54, 1.807) is 32.4 Å². The van der Waals surface area contributed by atoms with Crippen LogP contribution in [0.5, 0.6) is 11.5 Å². The summed E-state index contributed by atoms with van der Waals surface area (Å²) < 4.78 is 10.5. The average Bonchev–Trinajstić information content (AvgIpc) is 3.04. The predicted octanol–water partition coefficient (Wildman–Crippen LogP) is 4.97. The van der Waals surface area contributed by atoms with Crippen molar-refractivity contribution in [1.82, 2.24) is 4.90 Å². The maximum Gasteiger partial charge on any atom is 0.322 e. The highest BCUT2D eigenvalue weighted by atomic mass is 35.5. The molecule has 1 aliphatic heterocycles. The Morgan fingerprint density at radius 3 is 2.54 bits per heavy atom. The number of amides is 2. The van der Waals surface area contributed by atoms with E-state index in [-0.39, 0.29) is 12.1 Å². The van der Waals surface area contributed by atoms with E-state index in [1.165, 1.54) is 0 Å². The molecule has 2 amide bonds. The highest BCUT2D eigenvalue weighted by molar-refractivity contribution is 6.31. The fourth-order valence-corrected chi connectivity index (χ4v) is 3.55. The van der Waals surface area contributed by atoms with Crippen molar-refractivity contribution < 1.29 is 14.3 Å². The third kappa shape index (κ3) is 3.88. The zero-order valence-corrected chi connectivity index (χ0v) is 15.9. The van der Waals surface area contributed by atoms with Gasteiger partial charge in [-0.15, -0.1) is 0 Å². The number of likely N-dealkylation sites (tertiary alicyclic amines) is 1. The third-order valence-electron chi connectivity index (χ3n) is 4.67. The highest BCUT2D eigenvalue weighted by Crippen LogP contribution is 2.37. The van der Waals surface area contributed by atoms with E-state index in [4.69, 9.17) is 21.1 Å². The van der Waals surface area contributed by atoms with Crippen molar-refractivity contribution in [1.29, 1.82) is 0 Å². The van der Waals surface area contributed by atoms with E-state index in [0.29, 0.717) is 28.9 Å². The molecule has 2 aromatic carbocycles. The van der Waals surface area contributed by atoms with Gasteiger partial charge in [-0.25, -0.2) is 4.79 Å². The molecule has 1 fully saturated rings. The molecule has 0 spiro atoms. The van der Waals surface area contributed by atoms with Gasteiger partial charge in [0.2, 0.25) is 0 Å². The molecule has 1 saturated heterocycles. The standard InChI is InChI=1S/C20H23ClN2O3/c1-13-10-18(14-4-7-16(25-2)8-5-14)23(12-13)20(24)22-17-11-15(21)6-9-19(17)26-3/h4-9,11,13,18H,10,12H2,1-3H3,(H,22,24). The first-order chi connectivity index (χ1) is 12.5. The Morgan fingerprint density at radius 2 is 1.88 bits per heavy atom. The van der Waals surface area contributed by atoms with Crippen molar-refractivity contribution in [3.63, 3.8) is 0 Å². The molecule has 26 heavy (non-hydrogen) atoms. The zero-order valence-electron chi connectivity index (χ0n) is 15.2. The van der Waals surface area contributed by atoms with Crippen LogP contribution in [-0.4, -0.2) is 31.7 Å². The highest BCUT2D eigenvalue weighted by Gasteiger charge is 2.34. The first-order valence-electron chi connectivity index (χ1n) is 8.57.